The van der Waals surface area contributed by atoms with Crippen LogP contribution in [0.1, 0.15) is 26.2 Å². The fourth-order valence-corrected chi connectivity index (χ4v) is 3.41. The maximum atomic E-state index is 12.3. The maximum absolute atomic E-state index is 12.3. The van der Waals surface area contributed by atoms with Crippen molar-refractivity contribution in [2.45, 2.75) is 31.6 Å². The maximum Gasteiger partial charge on any atom is 0.308 e. The molecule has 1 aliphatic carbocycles. The lowest BCUT2D eigenvalue weighted by atomic mass is 10.0. The van der Waals surface area contributed by atoms with Crippen LogP contribution in [0.3, 0.4) is 0 Å². The molecule has 1 heterocycles. The predicted octanol–water partition coefficient (Wildman–Crippen LogP) is 1.29. The van der Waals surface area contributed by atoms with Crippen LogP contribution in [-0.2, 0) is 14.4 Å². The van der Waals surface area contributed by atoms with Gasteiger partial charge in [0.2, 0.25) is 0 Å². The van der Waals surface area contributed by atoms with Crippen molar-refractivity contribution >= 4 is 29.4 Å². The summed E-state index contributed by atoms with van der Waals surface area (Å²) in [6, 6.07) is 0. The molecule has 6 heteroatoms. The summed E-state index contributed by atoms with van der Waals surface area (Å²) in [5.41, 5.74) is 0.620. The molecule has 0 saturated heterocycles. The van der Waals surface area contributed by atoms with Crippen molar-refractivity contribution in [3.63, 3.8) is 0 Å². The van der Waals surface area contributed by atoms with Gasteiger partial charge in [-0.2, -0.15) is 0 Å². The minimum atomic E-state index is -1.07. The van der Waals surface area contributed by atoms with Crippen LogP contribution < -0.4 is 0 Å². The molecular weight excluding hydrogens is 266 g/mol. The molecule has 5 nitrogen and oxygen atoms in total. The standard InChI is InChI=1S/C13H17NO4S/c1-3-14-12(18)8(6-9(15)16)10(13(14)19-2)11(17)7-4-5-7/h7,13H,3-6H2,1-2H3,(H,15,16). The highest BCUT2D eigenvalue weighted by Crippen LogP contribution is 2.40. The zero-order chi connectivity index (χ0) is 14.2. The Bertz CT molecular complexity index is 467. The molecule has 0 aromatic carbocycles. The number of ketones is 1. The normalized spacial score (nSPS) is 23.2. The first-order valence-electron chi connectivity index (χ1n) is 6.34. The average molecular weight is 283 g/mol. The number of carbonyl (C=O) groups excluding carboxylic acids is 2. The Morgan fingerprint density at radius 2 is 2.05 bits per heavy atom. The van der Waals surface area contributed by atoms with E-state index >= 15 is 0 Å². The van der Waals surface area contributed by atoms with Gasteiger partial charge in [0.25, 0.3) is 5.91 Å². The van der Waals surface area contributed by atoms with Crippen LogP contribution in [0.4, 0.5) is 0 Å². The highest BCUT2D eigenvalue weighted by molar-refractivity contribution is 7.99. The van der Waals surface area contributed by atoms with Gasteiger partial charge in [-0.1, -0.05) is 0 Å². The molecule has 1 amide bonds. The van der Waals surface area contributed by atoms with Crippen molar-refractivity contribution < 1.29 is 19.5 Å². The number of carboxylic acid groups (broad SMARTS) is 1. The topological polar surface area (TPSA) is 74.7 Å². The molecule has 0 radical (unpaired) electrons. The van der Waals surface area contributed by atoms with Gasteiger partial charge in [-0.25, -0.2) is 0 Å². The molecule has 19 heavy (non-hydrogen) atoms. The number of aliphatic carboxylic acids is 1. The summed E-state index contributed by atoms with van der Waals surface area (Å²) in [5.74, 6) is -1.39. The Labute approximate surface area is 116 Å². The fraction of sp³-hybridized carbons (Fsp3) is 0.615. The first-order valence-corrected chi connectivity index (χ1v) is 7.62. The van der Waals surface area contributed by atoms with E-state index in [1.807, 2.05) is 13.2 Å². The quantitative estimate of drug-likeness (QED) is 0.795. The molecule has 1 saturated carbocycles. The Morgan fingerprint density at radius 3 is 2.47 bits per heavy atom. The predicted molar refractivity (Wildman–Crippen MR) is 71.7 cm³/mol. The number of amides is 1. The van der Waals surface area contributed by atoms with Crippen LogP contribution in [0.15, 0.2) is 11.1 Å². The van der Waals surface area contributed by atoms with E-state index < -0.39 is 5.97 Å². The second-order valence-corrected chi connectivity index (χ2v) is 5.70. The molecule has 0 aromatic rings. The lowest BCUT2D eigenvalue weighted by Gasteiger charge is -2.23. The minimum Gasteiger partial charge on any atom is -0.481 e. The van der Waals surface area contributed by atoms with Gasteiger partial charge < -0.3 is 10.0 Å². The summed E-state index contributed by atoms with van der Waals surface area (Å²) in [4.78, 5) is 37.1. The Hall–Kier alpha value is -1.30. The van der Waals surface area contributed by atoms with E-state index in [2.05, 4.69) is 0 Å². The summed E-state index contributed by atoms with van der Waals surface area (Å²) in [6.07, 6.45) is 3.18. The highest BCUT2D eigenvalue weighted by Gasteiger charge is 2.45. The van der Waals surface area contributed by atoms with Crippen LogP contribution in [0.2, 0.25) is 0 Å². The Kier molecular flexibility index (Phi) is 3.99. The van der Waals surface area contributed by atoms with Gasteiger partial charge in [0.15, 0.2) is 5.78 Å². The van der Waals surface area contributed by atoms with Crippen LogP contribution in [0.25, 0.3) is 0 Å². The third-order valence-electron chi connectivity index (χ3n) is 3.48. The molecule has 1 fully saturated rings. The van der Waals surface area contributed by atoms with Gasteiger partial charge in [0.1, 0.15) is 5.37 Å². The number of nitrogens with zero attached hydrogens (tertiary/aromatic N) is 1. The second-order valence-electron chi connectivity index (χ2n) is 4.78. The largest absolute Gasteiger partial charge is 0.481 e. The van der Waals surface area contributed by atoms with Crippen molar-refractivity contribution in [3.05, 3.63) is 11.1 Å². The third kappa shape index (κ3) is 2.54. The number of hydrogen-bond donors (Lipinski definition) is 1. The van der Waals surface area contributed by atoms with Gasteiger partial charge in [0.05, 0.1) is 6.42 Å². The molecule has 2 aliphatic rings. The number of rotatable bonds is 6. The molecule has 1 unspecified atom stereocenters. The number of hydrogen-bond acceptors (Lipinski definition) is 4. The van der Waals surface area contributed by atoms with Crippen molar-refractivity contribution in [2.75, 3.05) is 12.8 Å². The lowest BCUT2D eigenvalue weighted by molar-refractivity contribution is -0.137. The zero-order valence-corrected chi connectivity index (χ0v) is 11.8. The van der Waals surface area contributed by atoms with E-state index in [-0.39, 0.29) is 35.0 Å². The van der Waals surface area contributed by atoms with Gasteiger partial charge >= 0.3 is 5.97 Å². The number of thioether (sulfide) groups is 1. The van der Waals surface area contributed by atoms with Crippen molar-refractivity contribution in [1.29, 1.82) is 0 Å². The first kappa shape index (κ1) is 14.1. The minimum absolute atomic E-state index is 0.00180. The van der Waals surface area contributed by atoms with Crippen molar-refractivity contribution in [3.8, 4) is 0 Å². The molecular formula is C13H17NO4S. The van der Waals surface area contributed by atoms with Gasteiger partial charge in [0, 0.05) is 23.6 Å². The summed E-state index contributed by atoms with van der Waals surface area (Å²) < 4.78 is 0. The SMILES string of the molecule is CCN1C(=O)C(CC(=O)O)=C(C(=O)C2CC2)C1SC. The first-order chi connectivity index (χ1) is 9.01. The van der Waals surface area contributed by atoms with Crippen molar-refractivity contribution in [2.24, 2.45) is 5.92 Å². The van der Waals surface area contributed by atoms with Crippen LogP contribution in [-0.4, -0.2) is 45.8 Å². The molecule has 104 valence electrons. The average Bonchev–Trinajstić information content (AvgIpc) is 3.16. The van der Waals surface area contributed by atoms with Crippen LogP contribution in [0.5, 0.6) is 0 Å². The fourth-order valence-electron chi connectivity index (χ4n) is 2.41. The van der Waals surface area contributed by atoms with Crippen LogP contribution in [0, 0.1) is 5.92 Å². The van der Waals surface area contributed by atoms with E-state index in [1.165, 1.54) is 11.8 Å². The van der Waals surface area contributed by atoms with E-state index in [4.69, 9.17) is 5.11 Å². The lowest BCUT2D eigenvalue weighted by Crippen LogP contribution is -2.34. The van der Waals surface area contributed by atoms with E-state index in [0.29, 0.717) is 12.1 Å². The highest BCUT2D eigenvalue weighted by atomic mass is 32.2. The molecule has 0 aromatic heterocycles. The van der Waals surface area contributed by atoms with E-state index in [9.17, 15) is 14.4 Å². The molecule has 0 bridgehead atoms. The van der Waals surface area contributed by atoms with Gasteiger partial charge in [-0.15, -0.1) is 11.8 Å². The Morgan fingerprint density at radius 1 is 1.42 bits per heavy atom. The molecule has 2 rings (SSSR count). The molecule has 0 spiro atoms. The number of carboxylic acids is 1. The molecule has 1 atom stereocenters. The molecule has 1 aliphatic heterocycles. The Balaban J connectivity index is 2.41. The summed E-state index contributed by atoms with van der Waals surface area (Å²) in [7, 11) is 0. The number of Topliss-reactive ketones (excluding diaryl/α,β-unsaturated/α-hetero) is 1. The molecule has 1 N–H and O–H groups in total. The van der Waals surface area contributed by atoms with Gasteiger partial charge in [-0.05, 0) is 26.0 Å². The van der Waals surface area contributed by atoms with E-state index in [1.54, 1.807) is 4.90 Å². The van der Waals surface area contributed by atoms with Gasteiger partial charge in [-0.3, -0.25) is 14.4 Å². The second kappa shape index (κ2) is 5.36. The third-order valence-corrected chi connectivity index (χ3v) is 4.42. The monoisotopic (exact) mass is 283 g/mol. The van der Waals surface area contributed by atoms with Crippen molar-refractivity contribution in [1.82, 2.24) is 4.90 Å². The number of likely N-dealkylation sites (N-methyl/N-ethyl adjacent to an activating group) is 1. The summed E-state index contributed by atoms with van der Waals surface area (Å²) in [5, 5.41) is 8.62. The van der Waals surface area contributed by atoms with E-state index in [0.717, 1.165) is 12.8 Å². The van der Waals surface area contributed by atoms with Crippen LogP contribution >= 0.6 is 11.8 Å². The summed E-state index contributed by atoms with van der Waals surface area (Å²) in [6.45, 7) is 2.32. The smallest absolute Gasteiger partial charge is 0.308 e. The summed E-state index contributed by atoms with van der Waals surface area (Å²) >= 11 is 1.41. The zero-order valence-electron chi connectivity index (χ0n) is 11.0. The number of carbonyl (C=O) groups is 3.